The molecule has 0 atom stereocenters. The van der Waals surface area contributed by atoms with Gasteiger partial charge in [-0.3, -0.25) is 4.79 Å². The molecule has 0 fully saturated rings. The third kappa shape index (κ3) is 3.21. The van der Waals surface area contributed by atoms with Gasteiger partial charge in [-0.15, -0.1) is 11.3 Å². The number of hydrogen-bond acceptors (Lipinski definition) is 3. The predicted molar refractivity (Wildman–Crippen MR) is 104 cm³/mol. The Morgan fingerprint density at radius 2 is 1.73 bits per heavy atom. The topological polar surface area (TPSA) is 42.0 Å². The molecule has 3 nitrogen and oxygen atoms in total. The molecule has 1 aromatic heterocycles. The van der Waals surface area contributed by atoms with E-state index in [-0.39, 0.29) is 11.7 Å². The van der Waals surface area contributed by atoms with Crippen molar-refractivity contribution in [1.29, 1.82) is 0 Å². The average Bonchev–Trinajstić information content (AvgIpc) is 3.04. The molecule has 0 aliphatic carbocycles. The molecule has 128 valence electrons. The molecule has 0 aliphatic heterocycles. The minimum Gasteiger partial charge on any atom is -0.321 e. The van der Waals surface area contributed by atoms with Gasteiger partial charge in [0.1, 0.15) is 15.7 Å². The average molecular weight is 362 g/mol. The quantitative estimate of drug-likeness (QED) is 0.511. The third-order valence-electron chi connectivity index (χ3n) is 4.10. The Morgan fingerprint density at radius 1 is 1.00 bits per heavy atom. The van der Waals surface area contributed by atoms with E-state index in [2.05, 4.69) is 10.3 Å². The lowest BCUT2D eigenvalue weighted by Crippen LogP contribution is -2.11. The molecule has 3 aromatic carbocycles. The van der Waals surface area contributed by atoms with E-state index >= 15 is 0 Å². The molecule has 5 heteroatoms. The Balaban J connectivity index is 1.60. The number of carbonyl (C=O) groups is 1. The molecule has 4 rings (SSSR count). The second-order valence-electron chi connectivity index (χ2n) is 5.96. The Bertz CT molecular complexity index is 1100. The van der Waals surface area contributed by atoms with Crippen LogP contribution in [-0.2, 0) is 0 Å². The lowest BCUT2D eigenvalue weighted by Gasteiger charge is -2.05. The van der Waals surface area contributed by atoms with Crippen molar-refractivity contribution in [3.05, 3.63) is 83.1 Å². The van der Waals surface area contributed by atoms with E-state index in [9.17, 15) is 9.18 Å². The van der Waals surface area contributed by atoms with Crippen molar-refractivity contribution in [1.82, 2.24) is 4.98 Å². The summed E-state index contributed by atoms with van der Waals surface area (Å²) in [5.74, 6) is -0.486. The van der Waals surface area contributed by atoms with Crippen molar-refractivity contribution in [2.75, 3.05) is 5.32 Å². The van der Waals surface area contributed by atoms with Gasteiger partial charge in [0.25, 0.3) is 5.91 Å². The number of nitrogens with zero attached hydrogens (tertiary/aromatic N) is 1. The normalized spacial score (nSPS) is 10.8. The summed E-state index contributed by atoms with van der Waals surface area (Å²) in [6, 6.07) is 19.9. The number of carbonyl (C=O) groups excluding carboxylic acids is 1. The fourth-order valence-electron chi connectivity index (χ4n) is 2.78. The summed E-state index contributed by atoms with van der Waals surface area (Å²) in [5.41, 5.74) is 2.20. The van der Waals surface area contributed by atoms with E-state index in [4.69, 9.17) is 0 Å². The summed E-state index contributed by atoms with van der Waals surface area (Å²) in [6.07, 6.45) is 0. The number of thiazole rings is 1. The van der Waals surface area contributed by atoms with Crippen molar-refractivity contribution >= 4 is 33.7 Å². The molecular weight excluding hydrogens is 347 g/mol. The first kappa shape index (κ1) is 16.4. The molecule has 0 bridgehead atoms. The molecule has 1 heterocycles. The molecule has 0 saturated heterocycles. The van der Waals surface area contributed by atoms with E-state index in [0.29, 0.717) is 15.6 Å². The zero-order chi connectivity index (χ0) is 18.1. The van der Waals surface area contributed by atoms with Crippen LogP contribution in [-0.4, -0.2) is 10.9 Å². The fraction of sp³-hybridized carbons (Fsp3) is 0.0476. The molecule has 0 saturated carbocycles. The summed E-state index contributed by atoms with van der Waals surface area (Å²) >= 11 is 1.30. The fourth-order valence-corrected chi connectivity index (χ4v) is 3.74. The minimum atomic E-state index is -0.295. The van der Waals surface area contributed by atoms with Crippen LogP contribution in [0.25, 0.3) is 21.3 Å². The van der Waals surface area contributed by atoms with Crippen LogP contribution >= 0.6 is 11.3 Å². The first-order chi connectivity index (χ1) is 12.6. The molecule has 0 radical (unpaired) electrons. The van der Waals surface area contributed by atoms with Gasteiger partial charge in [-0.2, -0.15) is 0 Å². The van der Waals surface area contributed by atoms with Crippen molar-refractivity contribution in [2.24, 2.45) is 0 Å². The number of nitrogens with one attached hydrogen (secondary N) is 1. The summed E-state index contributed by atoms with van der Waals surface area (Å²) in [6.45, 7) is 1.80. The van der Waals surface area contributed by atoms with Crippen LogP contribution in [0.3, 0.4) is 0 Å². The Morgan fingerprint density at radius 3 is 2.50 bits per heavy atom. The number of hydrogen-bond donors (Lipinski definition) is 1. The van der Waals surface area contributed by atoms with Crippen molar-refractivity contribution < 1.29 is 9.18 Å². The van der Waals surface area contributed by atoms with Gasteiger partial charge in [-0.1, -0.05) is 30.3 Å². The first-order valence-electron chi connectivity index (χ1n) is 8.14. The SMILES string of the molecule is Cc1nc(-c2ccc(F)cc2)sc1C(=O)Nc1ccc2ccccc2c1. The summed E-state index contributed by atoms with van der Waals surface area (Å²) in [4.78, 5) is 17.7. The smallest absolute Gasteiger partial charge is 0.267 e. The van der Waals surface area contributed by atoms with Crippen LogP contribution in [0.4, 0.5) is 10.1 Å². The molecule has 4 aromatic rings. The predicted octanol–water partition coefficient (Wildman–Crippen LogP) is 5.66. The van der Waals surface area contributed by atoms with Crippen LogP contribution in [0.15, 0.2) is 66.7 Å². The second-order valence-corrected chi connectivity index (χ2v) is 6.96. The third-order valence-corrected chi connectivity index (χ3v) is 5.31. The molecule has 1 amide bonds. The van der Waals surface area contributed by atoms with Gasteiger partial charge >= 0.3 is 0 Å². The first-order valence-corrected chi connectivity index (χ1v) is 8.95. The number of fused-ring (bicyclic) bond motifs is 1. The standard InChI is InChI=1S/C21H15FN2OS/c1-13-19(26-21(23-13)15-6-9-17(22)10-7-15)20(25)24-18-11-8-14-4-2-3-5-16(14)12-18/h2-12H,1H3,(H,24,25). The van der Waals surface area contributed by atoms with Gasteiger partial charge < -0.3 is 5.32 Å². The summed E-state index contributed by atoms with van der Waals surface area (Å²) in [7, 11) is 0. The lowest BCUT2D eigenvalue weighted by molar-refractivity contribution is 0.103. The van der Waals surface area contributed by atoms with E-state index in [1.165, 1.54) is 23.5 Å². The number of aromatic nitrogens is 1. The molecule has 1 N–H and O–H groups in total. The number of benzene rings is 3. The van der Waals surface area contributed by atoms with Gasteiger partial charge in [-0.25, -0.2) is 9.37 Å². The summed E-state index contributed by atoms with van der Waals surface area (Å²) < 4.78 is 13.1. The number of halogens is 1. The van der Waals surface area contributed by atoms with E-state index in [1.54, 1.807) is 19.1 Å². The Hall–Kier alpha value is -3.05. The van der Waals surface area contributed by atoms with Crippen LogP contribution in [0, 0.1) is 12.7 Å². The van der Waals surface area contributed by atoms with Gasteiger partial charge in [0.2, 0.25) is 0 Å². The maximum Gasteiger partial charge on any atom is 0.267 e. The highest BCUT2D eigenvalue weighted by Gasteiger charge is 2.16. The highest BCUT2D eigenvalue weighted by molar-refractivity contribution is 7.17. The maximum atomic E-state index is 13.1. The minimum absolute atomic E-state index is 0.191. The van der Waals surface area contributed by atoms with E-state index in [0.717, 1.165) is 22.0 Å². The Kier molecular flexibility index (Phi) is 4.22. The number of amides is 1. The van der Waals surface area contributed by atoms with Crippen LogP contribution in [0.2, 0.25) is 0 Å². The van der Waals surface area contributed by atoms with Gasteiger partial charge in [0.15, 0.2) is 0 Å². The monoisotopic (exact) mass is 362 g/mol. The zero-order valence-corrected chi connectivity index (χ0v) is 14.8. The van der Waals surface area contributed by atoms with Gasteiger partial charge in [-0.05, 0) is 54.1 Å². The van der Waals surface area contributed by atoms with E-state index < -0.39 is 0 Å². The molecule has 0 aliphatic rings. The van der Waals surface area contributed by atoms with E-state index in [1.807, 2.05) is 42.5 Å². The van der Waals surface area contributed by atoms with Crippen molar-refractivity contribution in [3.8, 4) is 10.6 Å². The van der Waals surface area contributed by atoms with Crippen LogP contribution in [0.1, 0.15) is 15.4 Å². The van der Waals surface area contributed by atoms with Crippen LogP contribution in [0.5, 0.6) is 0 Å². The Labute approximate surface area is 154 Å². The zero-order valence-electron chi connectivity index (χ0n) is 14.0. The molecule has 0 spiro atoms. The number of aryl methyl sites for hydroxylation is 1. The highest BCUT2D eigenvalue weighted by Crippen LogP contribution is 2.29. The maximum absolute atomic E-state index is 13.1. The van der Waals surface area contributed by atoms with Gasteiger partial charge in [0.05, 0.1) is 5.69 Å². The number of rotatable bonds is 3. The molecular formula is C21H15FN2OS. The molecule has 0 unspecified atom stereocenters. The highest BCUT2D eigenvalue weighted by atomic mass is 32.1. The molecule has 26 heavy (non-hydrogen) atoms. The lowest BCUT2D eigenvalue weighted by atomic mass is 10.1. The second kappa shape index (κ2) is 6.69. The van der Waals surface area contributed by atoms with Gasteiger partial charge in [0, 0.05) is 11.3 Å². The largest absolute Gasteiger partial charge is 0.321 e. The van der Waals surface area contributed by atoms with Crippen molar-refractivity contribution in [3.63, 3.8) is 0 Å². The number of anilines is 1. The van der Waals surface area contributed by atoms with Crippen molar-refractivity contribution in [2.45, 2.75) is 6.92 Å². The van der Waals surface area contributed by atoms with Crippen LogP contribution < -0.4 is 5.32 Å². The summed E-state index contributed by atoms with van der Waals surface area (Å²) in [5, 5.41) is 5.83.